The van der Waals surface area contributed by atoms with E-state index in [0.717, 1.165) is 30.6 Å². The maximum Gasteiger partial charge on any atom is 0.273 e. The van der Waals surface area contributed by atoms with Crippen LogP contribution in [0.15, 0.2) is 66.2 Å². The fourth-order valence-electron chi connectivity index (χ4n) is 4.30. The first kappa shape index (κ1) is 23.0. The average molecular weight is 464 g/mol. The van der Waals surface area contributed by atoms with Gasteiger partial charge < -0.3 is 15.0 Å². The molecule has 172 valence electrons. The van der Waals surface area contributed by atoms with Gasteiger partial charge in [-0.05, 0) is 54.1 Å². The second kappa shape index (κ2) is 11.1. The number of hydrogen-bond donors (Lipinski definition) is 1. The molecule has 3 aromatic rings. The van der Waals surface area contributed by atoms with E-state index in [-0.39, 0.29) is 17.9 Å². The number of ether oxygens (including phenoxy) is 1. The van der Waals surface area contributed by atoms with Gasteiger partial charge in [0.1, 0.15) is 17.5 Å². The third-order valence-electron chi connectivity index (χ3n) is 5.97. The zero-order valence-electron chi connectivity index (χ0n) is 18.8. The summed E-state index contributed by atoms with van der Waals surface area (Å²) in [5, 5.41) is 5.20. The lowest BCUT2D eigenvalue weighted by Crippen LogP contribution is -2.47. The van der Waals surface area contributed by atoms with Crippen molar-refractivity contribution in [1.82, 2.24) is 15.2 Å². The number of carbonyl (C=O) groups excluding carboxylic acids is 2. The lowest BCUT2D eigenvalue weighted by molar-refractivity contribution is -0.127. The summed E-state index contributed by atoms with van der Waals surface area (Å²) in [4.78, 5) is 34.3. The minimum Gasteiger partial charge on any atom is -0.497 e. The first-order chi connectivity index (χ1) is 16.2. The van der Waals surface area contributed by atoms with Crippen molar-refractivity contribution in [2.45, 2.75) is 50.7 Å². The zero-order chi connectivity index (χ0) is 23.0. The molecular formula is C26H29N3O3S. The van der Waals surface area contributed by atoms with Crippen LogP contribution >= 0.6 is 11.3 Å². The van der Waals surface area contributed by atoms with E-state index in [2.05, 4.69) is 10.3 Å². The van der Waals surface area contributed by atoms with Crippen LogP contribution in [0.5, 0.6) is 5.75 Å². The number of rotatable bonds is 8. The van der Waals surface area contributed by atoms with Crippen molar-refractivity contribution in [1.29, 1.82) is 0 Å². The van der Waals surface area contributed by atoms with Gasteiger partial charge in [-0.3, -0.25) is 14.6 Å². The van der Waals surface area contributed by atoms with Crippen molar-refractivity contribution >= 4 is 23.2 Å². The van der Waals surface area contributed by atoms with Crippen LogP contribution in [0.2, 0.25) is 0 Å². The Morgan fingerprint density at radius 3 is 2.67 bits per heavy atom. The van der Waals surface area contributed by atoms with Gasteiger partial charge in [-0.25, -0.2) is 0 Å². The SMILES string of the molecule is COc1cccc([C@@H](C(=O)NC2CCCCC2)N(Cc2cccs2)C(=O)c2ccccn2)c1. The summed E-state index contributed by atoms with van der Waals surface area (Å²) < 4.78 is 5.42. The molecule has 1 fully saturated rings. The Morgan fingerprint density at radius 2 is 1.97 bits per heavy atom. The predicted molar refractivity (Wildman–Crippen MR) is 129 cm³/mol. The van der Waals surface area contributed by atoms with E-state index in [1.807, 2.05) is 41.8 Å². The molecule has 2 heterocycles. The number of methoxy groups -OCH3 is 1. The number of pyridine rings is 1. The van der Waals surface area contributed by atoms with Crippen LogP contribution in [-0.2, 0) is 11.3 Å². The van der Waals surface area contributed by atoms with Crippen LogP contribution in [0.1, 0.15) is 59.1 Å². The van der Waals surface area contributed by atoms with E-state index in [1.54, 1.807) is 47.7 Å². The van der Waals surface area contributed by atoms with E-state index in [1.165, 1.54) is 6.42 Å². The summed E-state index contributed by atoms with van der Waals surface area (Å²) >= 11 is 1.56. The molecule has 1 aliphatic rings. The summed E-state index contributed by atoms with van der Waals surface area (Å²) in [6.07, 6.45) is 6.96. The van der Waals surface area contributed by atoms with E-state index in [0.29, 0.717) is 23.6 Å². The standard InChI is InChI=1S/C26H29N3O3S/c1-32-21-12-7-9-19(17-21)24(25(30)28-20-10-3-2-4-11-20)29(18-22-13-8-16-33-22)26(31)23-14-5-6-15-27-23/h5-9,12-17,20,24H,2-4,10-11,18H2,1H3,(H,28,30)/t24-/m0/s1. The Kier molecular flexibility index (Phi) is 7.73. The monoisotopic (exact) mass is 463 g/mol. The van der Waals surface area contributed by atoms with Gasteiger partial charge in [0.05, 0.1) is 13.7 Å². The molecule has 7 heteroatoms. The minimum atomic E-state index is -0.807. The second-order valence-electron chi connectivity index (χ2n) is 8.25. The van der Waals surface area contributed by atoms with Crippen LogP contribution in [0.4, 0.5) is 0 Å². The smallest absolute Gasteiger partial charge is 0.273 e. The topological polar surface area (TPSA) is 71.5 Å². The number of aromatic nitrogens is 1. The number of amides is 2. The van der Waals surface area contributed by atoms with Gasteiger partial charge in [0.25, 0.3) is 5.91 Å². The highest BCUT2D eigenvalue weighted by Crippen LogP contribution is 2.30. The average Bonchev–Trinajstić information content (AvgIpc) is 3.38. The van der Waals surface area contributed by atoms with Gasteiger partial charge in [-0.2, -0.15) is 0 Å². The van der Waals surface area contributed by atoms with Gasteiger partial charge in [0.2, 0.25) is 5.91 Å². The van der Waals surface area contributed by atoms with Crippen molar-refractivity contribution in [2.75, 3.05) is 7.11 Å². The van der Waals surface area contributed by atoms with Crippen LogP contribution in [0.3, 0.4) is 0 Å². The predicted octanol–water partition coefficient (Wildman–Crippen LogP) is 4.98. The van der Waals surface area contributed by atoms with Crippen LogP contribution in [0.25, 0.3) is 0 Å². The van der Waals surface area contributed by atoms with Crippen molar-refractivity contribution in [3.63, 3.8) is 0 Å². The lowest BCUT2D eigenvalue weighted by Gasteiger charge is -2.33. The molecule has 0 spiro atoms. The highest BCUT2D eigenvalue weighted by atomic mass is 32.1. The summed E-state index contributed by atoms with van der Waals surface area (Å²) in [7, 11) is 1.60. The van der Waals surface area contributed by atoms with Gasteiger partial charge in [-0.15, -0.1) is 11.3 Å². The number of nitrogens with zero attached hydrogens (tertiary/aromatic N) is 2. The molecule has 1 aromatic carbocycles. The molecule has 1 N–H and O–H groups in total. The molecule has 2 aromatic heterocycles. The van der Waals surface area contributed by atoms with Crippen LogP contribution in [0, 0.1) is 0 Å². The molecule has 0 radical (unpaired) electrons. The Morgan fingerprint density at radius 1 is 1.12 bits per heavy atom. The van der Waals surface area contributed by atoms with E-state index >= 15 is 0 Å². The first-order valence-corrected chi connectivity index (χ1v) is 12.2. The number of hydrogen-bond acceptors (Lipinski definition) is 5. The highest BCUT2D eigenvalue weighted by Gasteiger charge is 2.34. The minimum absolute atomic E-state index is 0.132. The molecule has 33 heavy (non-hydrogen) atoms. The maximum atomic E-state index is 13.8. The van der Waals surface area contributed by atoms with Crippen molar-refractivity contribution < 1.29 is 14.3 Å². The van der Waals surface area contributed by atoms with E-state index in [9.17, 15) is 9.59 Å². The lowest BCUT2D eigenvalue weighted by atomic mass is 9.94. The molecule has 0 aliphatic heterocycles. The van der Waals surface area contributed by atoms with Crippen LogP contribution < -0.4 is 10.1 Å². The van der Waals surface area contributed by atoms with Gasteiger partial charge in [0, 0.05) is 17.1 Å². The van der Waals surface area contributed by atoms with Gasteiger partial charge in [-0.1, -0.05) is 43.5 Å². The van der Waals surface area contributed by atoms with Crippen molar-refractivity contribution in [3.8, 4) is 5.75 Å². The third kappa shape index (κ3) is 5.79. The van der Waals surface area contributed by atoms with Crippen molar-refractivity contribution in [2.24, 2.45) is 0 Å². The second-order valence-corrected chi connectivity index (χ2v) is 9.28. The Balaban J connectivity index is 1.73. The largest absolute Gasteiger partial charge is 0.497 e. The Bertz CT molecular complexity index is 1050. The number of nitrogens with one attached hydrogen (secondary N) is 1. The molecule has 1 saturated carbocycles. The number of benzene rings is 1. The van der Waals surface area contributed by atoms with Gasteiger partial charge >= 0.3 is 0 Å². The molecule has 1 atom stereocenters. The first-order valence-electron chi connectivity index (χ1n) is 11.3. The summed E-state index contributed by atoms with van der Waals surface area (Å²) in [5.74, 6) is 0.191. The summed E-state index contributed by atoms with van der Waals surface area (Å²) in [5.41, 5.74) is 1.02. The third-order valence-corrected chi connectivity index (χ3v) is 6.83. The Hall–Kier alpha value is -3.19. The fraction of sp³-hybridized carbons (Fsp3) is 0.346. The fourth-order valence-corrected chi connectivity index (χ4v) is 5.00. The molecule has 4 rings (SSSR count). The Labute approximate surface area is 198 Å². The molecule has 6 nitrogen and oxygen atoms in total. The van der Waals surface area contributed by atoms with Crippen molar-refractivity contribution in [3.05, 3.63) is 82.3 Å². The summed E-state index contributed by atoms with van der Waals surface area (Å²) in [6.45, 7) is 0.313. The zero-order valence-corrected chi connectivity index (χ0v) is 19.6. The van der Waals surface area contributed by atoms with Crippen LogP contribution in [-0.4, -0.2) is 34.8 Å². The summed E-state index contributed by atoms with van der Waals surface area (Å²) in [6, 6.07) is 15.9. The van der Waals surface area contributed by atoms with E-state index in [4.69, 9.17) is 4.74 Å². The highest BCUT2D eigenvalue weighted by molar-refractivity contribution is 7.09. The molecule has 0 saturated heterocycles. The molecular weight excluding hydrogens is 434 g/mol. The maximum absolute atomic E-state index is 13.8. The molecule has 2 amide bonds. The number of thiophene rings is 1. The van der Waals surface area contributed by atoms with Gasteiger partial charge in [0.15, 0.2) is 0 Å². The quantitative estimate of drug-likeness (QED) is 0.511. The normalized spacial score (nSPS) is 14.9. The molecule has 1 aliphatic carbocycles. The number of carbonyl (C=O) groups is 2. The molecule has 0 bridgehead atoms. The molecule has 0 unspecified atom stereocenters. The van der Waals surface area contributed by atoms with E-state index < -0.39 is 6.04 Å².